The normalized spacial score (nSPS) is 10.9. The summed E-state index contributed by atoms with van der Waals surface area (Å²) in [6, 6.07) is 6.22. The van der Waals surface area contributed by atoms with Crippen molar-refractivity contribution >= 4 is 17.7 Å². The number of anilines is 1. The van der Waals surface area contributed by atoms with Gasteiger partial charge in [-0.1, -0.05) is 6.07 Å². The molecule has 0 saturated carbocycles. The van der Waals surface area contributed by atoms with Gasteiger partial charge in [0.2, 0.25) is 0 Å². The Morgan fingerprint density at radius 3 is 2.42 bits per heavy atom. The second-order valence-electron chi connectivity index (χ2n) is 5.08. The van der Waals surface area contributed by atoms with Crippen molar-refractivity contribution < 1.29 is 19.4 Å². The fraction of sp³-hybridized carbons (Fsp3) is 0.429. The van der Waals surface area contributed by atoms with Gasteiger partial charge in [0.1, 0.15) is 5.60 Å². The number of amides is 1. The third kappa shape index (κ3) is 4.28. The van der Waals surface area contributed by atoms with E-state index in [0.29, 0.717) is 12.2 Å². The number of carbonyl (C=O) groups is 2. The monoisotopic (exact) mass is 265 g/mol. The average Bonchev–Trinajstić information content (AvgIpc) is 2.27. The topological polar surface area (TPSA) is 66.8 Å². The molecule has 1 aromatic carbocycles. The average molecular weight is 265 g/mol. The molecule has 0 heterocycles. The molecule has 104 valence electrons. The van der Waals surface area contributed by atoms with Crippen LogP contribution in [-0.4, -0.2) is 29.3 Å². The molecule has 1 rings (SSSR count). The van der Waals surface area contributed by atoms with Crippen molar-refractivity contribution in [3.63, 3.8) is 0 Å². The quantitative estimate of drug-likeness (QED) is 0.911. The molecule has 19 heavy (non-hydrogen) atoms. The van der Waals surface area contributed by atoms with Crippen molar-refractivity contribution in [1.82, 2.24) is 0 Å². The molecule has 0 bridgehead atoms. The summed E-state index contributed by atoms with van der Waals surface area (Å²) in [5.74, 6) is -1.03. The molecule has 5 nitrogen and oxygen atoms in total. The molecule has 0 atom stereocenters. The number of ether oxygens (including phenoxy) is 1. The Morgan fingerprint density at radius 2 is 1.95 bits per heavy atom. The third-order valence-corrected chi connectivity index (χ3v) is 2.33. The molecular formula is C14H19NO4. The fourth-order valence-corrected chi connectivity index (χ4v) is 1.54. The summed E-state index contributed by atoms with van der Waals surface area (Å²) in [7, 11) is 0. The van der Waals surface area contributed by atoms with Crippen molar-refractivity contribution in [1.29, 1.82) is 0 Å². The first kappa shape index (κ1) is 15.0. The van der Waals surface area contributed by atoms with Crippen LogP contribution in [0.3, 0.4) is 0 Å². The molecule has 0 saturated heterocycles. The lowest BCUT2D eigenvalue weighted by molar-refractivity contribution is 0.0580. The molecular weight excluding hydrogens is 246 g/mol. The van der Waals surface area contributed by atoms with Crippen LogP contribution in [0.4, 0.5) is 10.5 Å². The summed E-state index contributed by atoms with van der Waals surface area (Å²) in [6.07, 6.45) is -0.488. The Hall–Kier alpha value is -2.04. The predicted molar refractivity (Wildman–Crippen MR) is 72.7 cm³/mol. The van der Waals surface area contributed by atoms with E-state index in [1.807, 2.05) is 0 Å². The van der Waals surface area contributed by atoms with E-state index in [9.17, 15) is 9.59 Å². The Kier molecular flexibility index (Phi) is 4.53. The van der Waals surface area contributed by atoms with Gasteiger partial charge < -0.3 is 9.84 Å². The van der Waals surface area contributed by atoms with Gasteiger partial charge in [-0.15, -0.1) is 0 Å². The summed E-state index contributed by atoms with van der Waals surface area (Å²) in [6.45, 7) is 7.56. The summed E-state index contributed by atoms with van der Waals surface area (Å²) in [5.41, 5.74) is 0.0608. The highest BCUT2D eigenvalue weighted by atomic mass is 16.6. The van der Waals surface area contributed by atoms with Gasteiger partial charge in [0.15, 0.2) is 0 Å². The Balaban J connectivity index is 3.00. The molecule has 0 aliphatic carbocycles. The highest BCUT2D eigenvalue weighted by Gasteiger charge is 2.22. The summed E-state index contributed by atoms with van der Waals surface area (Å²) in [5, 5.41) is 8.95. The third-order valence-electron chi connectivity index (χ3n) is 2.33. The molecule has 1 amide bonds. The zero-order valence-corrected chi connectivity index (χ0v) is 11.6. The number of hydrogen-bond donors (Lipinski definition) is 1. The molecule has 0 radical (unpaired) electrons. The second kappa shape index (κ2) is 5.73. The van der Waals surface area contributed by atoms with Crippen LogP contribution < -0.4 is 4.90 Å². The first-order valence-electron chi connectivity index (χ1n) is 6.08. The number of rotatable bonds is 3. The maximum absolute atomic E-state index is 12.0. The van der Waals surface area contributed by atoms with Crippen LogP contribution in [0.5, 0.6) is 0 Å². The predicted octanol–water partition coefficient (Wildman–Crippen LogP) is 3.15. The minimum Gasteiger partial charge on any atom is -0.478 e. The van der Waals surface area contributed by atoms with E-state index < -0.39 is 17.7 Å². The van der Waals surface area contributed by atoms with Crippen molar-refractivity contribution in [2.45, 2.75) is 33.3 Å². The lowest BCUT2D eigenvalue weighted by Gasteiger charge is -2.26. The number of carboxylic acid groups (broad SMARTS) is 1. The van der Waals surface area contributed by atoms with Gasteiger partial charge in [-0.3, -0.25) is 4.90 Å². The highest BCUT2D eigenvalue weighted by molar-refractivity contribution is 5.92. The zero-order valence-electron chi connectivity index (χ0n) is 11.6. The highest BCUT2D eigenvalue weighted by Crippen LogP contribution is 2.19. The van der Waals surface area contributed by atoms with E-state index in [4.69, 9.17) is 9.84 Å². The summed E-state index contributed by atoms with van der Waals surface area (Å²) in [4.78, 5) is 24.4. The van der Waals surface area contributed by atoms with Crippen LogP contribution in [0, 0.1) is 0 Å². The summed E-state index contributed by atoms with van der Waals surface area (Å²) < 4.78 is 5.29. The van der Waals surface area contributed by atoms with Crippen LogP contribution in [0.15, 0.2) is 24.3 Å². The van der Waals surface area contributed by atoms with E-state index in [2.05, 4.69) is 0 Å². The minimum atomic E-state index is -1.03. The minimum absolute atomic E-state index is 0.138. The summed E-state index contributed by atoms with van der Waals surface area (Å²) >= 11 is 0. The molecule has 5 heteroatoms. The zero-order chi connectivity index (χ0) is 14.6. The smallest absolute Gasteiger partial charge is 0.414 e. The van der Waals surface area contributed by atoms with E-state index in [1.165, 1.54) is 17.0 Å². The number of nitrogens with zero attached hydrogens (tertiary/aromatic N) is 1. The molecule has 1 aromatic rings. The molecule has 0 aliphatic rings. The van der Waals surface area contributed by atoms with Gasteiger partial charge in [0.25, 0.3) is 0 Å². The van der Waals surface area contributed by atoms with Crippen molar-refractivity contribution in [3.05, 3.63) is 29.8 Å². The first-order chi connectivity index (χ1) is 8.74. The second-order valence-corrected chi connectivity index (χ2v) is 5.08. The van der Waals surface area contributed by atoms with Gasteiger partial charge in [0.05, 0.1) is 5.56 Å². The van der Waals surface area contributed by atoms with E-state index in [0.717, 1.165) is 0 Å². The van der Waals surface area contributed by atoms with E-state index >= 15 is 0 Å². The van der Waals surface area contributed by atoms with E-state index in [1.54, 1.807) is 39.8 Å². The fourth-order valence-electron chi connectivity index (χ4n) is 1.54. The van der Waals surface area contributed by atoms with Crippen molar-refractivity contribution in [2.75, 3.05) is 11.4 Å². The standard InChI is InChI=1S/C14H19NO4/c1-5-15(13(18)19-14(2,3)4)11-8-6-7-10(9-11)12(16)17/h6-9H,5H2,1-4H3,(H,16,17). The Bertz CT molecular complexity index is 477. The van der Waals surface area contributed by atoms with Gasteiger partial charge in [-0.05, 0) is 45.9 Å². The lowest BCUT2D eigenvalue weighted by atomic mass is 10.2. The largest absolute Gasteiger partial charge is 0.478 e. The van der Waals surface area contributed by atoms with Crippen molar-refractivity contribution in [3.8, 4) is 0 Å². The molecule has 1 N–H and O–H groups in total. The van der Waals surface area contributed by atoms with Crippen LogP contribution in [0.25, 0.3) is 0 Å². The molecule has 0 aliphatic heterocycles. The number of benzene rings is 1. The van der Waals surface area contributed by atoms with E-state index in [-0.39, 0.29) is 5.56 Å². The SMILES string of the molecule is CCN(C(=O)OC(C)(C)C)c1cccc(C(=O)O)c1. The van der Waals surface area contributed by atoms with Crippen LogP contribution in [0.2, 0.25) is 0 Å². The number of aromatic carboxylic acids is 1. The van der Waals surface area contributed by atoms with Crippen LogP contribution in [-0.2, 0) is 4.74 Å². The van der Waals surface area contributed by atoms with Gasteiger partial charge in [-0.25, -0.2) is 9.59 Å². The lowest BCUT2D eigenvalue weighted by Crippen LogP contribution is -2.36. The number of carbonyl (C=O) groups excluding carboxylic acids is 1. The molecule has 0 aromatic heterocycles. The van der Waals surface area contributed by atoms with Crippen LogP contribution in [0.1, 0.15) is 38.1 Å². The van der Waals surface area contributed by atoms with Gasteiger partial charge in [-0.2, -0.15) is 0 Å². The molecule has 0 unspecified atom stereocenters. The maximum atomic E-state index is 12.0. The Labute approximate surface area is 112 Å². The Morgan fingerprint density at radius 1 is 1.32 bits per heavy atom. The maximum Gasteiger partial charge on any atom is 0.414 e. The molecule has 0 fully saturated rings. The molecule has 0 spiro atoms. The van der Waals surface area contributed by atoms with Crippen LogP contribution >= 0.6 is 0 Å². The number of hydrogen-bond acceptors (Lipinski definition) is 3. The van der Waals surface area contributed by atoms with Gasteiger partial charge >= 0.3 is 12.1 Å². The first-order valence-corrected chi connectivity index (χ1v) is 6.08. The van der Waals surface area contributed by atoms with Gasteiger partial charge in [0, 0.05) is 12.2 Å². The van der Waals surface area contributed by atoms with Crippen molar-refractivity contribution in [2.24, 2.45) is 0 Å². The number of carboxylic acids is 1.